The number of hydrogen-bond acceptors (Lipinski definition) is 4. The summed E-state index contributed by atoms with van der Waals surface area (Å²) < 4.78 is 26.4. The van der Waals surface area contributed by atoms with Gasteiger partial charge in [0.15, 0.2) is 0 Å². The predicted molar refractivity (Wildman–Crippen MR) is 137 cm³/mol. The first-order valence-electron chi connectivity index (χ1n) is 11.5. The van der Waals surface area contributed by atoms with E-state index in [1.54, 1.807) is 19.1 Å². The van der Waals surface area contributed by atoms with E-state index in [1.165, 1.54) is 4.90 Å². The first-order valence-corrected chi connectivity index (χ1v) is 13.3. The first-order chi connectivity index (χ1) is 15.8. The molecule has 0 radical (unpaired) electrons. The topological polar surface area (TPSA) is 86.8 Å². The maximum absolute atomic E-state index is 13.5. The molecule has 0 bridgehead atoms. The Balaban J connectivity index is 2.40. The zero-order valence-electron chi connectivity index (χ0n) is 21.3. The number of carbonyl (C=O) groups is 2. The van der Waals surface area contributed by atoms with Crippen LogP contribution in [0.3, 0.4) is 0 Å². The fraction of sp³-hybridized carbons (Fsp3) is 0.462. The van der Waals surface area contributed by atoms with E-state index in [9.17, 15) is 18.0 Å². The van der Waals surface area contributed by atoms with Gasteiger partial charge in [0, 0.05) is 13.1 Å². The molecule has 0 aliphatic heterocycles. The second-order valence-electron chi connectivity index (χ2n) is 9.59. The van der Waals surface area contributed by atoms with Crippen LogP contribution < -0.4 is 9.62 Å². The lowest BCUT2D eigenvalue weighted by molar-refractivity contribution is -0.139. The van der Waals surface area contributed by atoms with E-state index in [-0.39, 0.29) is 17.9 Å². The molecule has 1 N–H and O–H groups in total. The van der Waals surface area contributed by atoms with Crippen molar-refractivity contribution < 1.29 is 18.0 Å². The van der Waals surface area contributed by atoms with Crippen LogP contribution in [0.2, 0.25) is 0 Å². The second-order valence-corrected chi connectivity index (χ2v) is 11.5. The minimum absolute atomic E-state index is 0.0866. The monoisotopic (exact) mass is 487 g/mol. The fourth-order valence-electron chi connectivity index (χ4n) is 3.62. The van der Waals surface area contributed by atoms with Gasteiger partial charge in [0.05, 0.1) is 11.9 Å². The summed E-state index contributed by atoms with van der Waals surface area (Å²) in [5.74, 6) is -0.739. The number of nitrogens with one attached hydrogen (secondary N) is 1. The van der Waals surface area contributed by atoms with Crippen LogP contribution in [0.5, 0.6) is 0 Å². The molecule has 2 rings (SSSR count). The van der Waals surface area contributed by atoms with E-state index in [0.29, 0.717) is 12.2 Å². The van der Waals surface area contributed by atoms with Crippen molar-refractivity contribution in [3.63, 3.8) is 0 Å². The highest BCUT2D eigenvalue weighted by Gasteiger charge is 2.30. The molecular formula is C26H37N3O4S. The number of rotatable bonds is 9. The van der Waals surface area contributed by atoms with Crippen LogP contribution in [0.1, 0.15) is 51.3 Å². The molecule has 2 amide bonds. The van der Waals surface area contributed by atoms with E-state index in [2.05, 4.69) is 26.1 Å². The third-order valence-electron chi connectivity index (χ3n) is 5.82. The Bertz CT molecular complexity index is 1110. The van der Waals surface area contributed by atoms with Crippen molar-refractivity contribution in [2.45, 2.75) is 59.5 Å². The molecule has 0 spiro atoms. The van der Waals surface area contributed by atoms with Gasteiger partial charge in [-0.3, -0.25) is 13.9 Å². The van der Waals surface area contributed by atoms with Gasteiger partial charge in [-0.05, 0) is 55.0 Å². The molecule has 1 unspecified atom stereocenters. The molecule has 0 saturated carbocycles. The summed E-state index contributed by atoms with van der Waals surface area (Å²) >= 11 is 0. The van der Waals surface area contributed by atoms with Crippen LogP contribution in [0.4, 0.5) is 5.69 Å². The molecule has 1 atom stereocenters. The zero-order valence-corrected chi connectivity index (χ0v) is 22.1. The van der Waals surface area contributed by atoms with Gasteiger partial charge in [-0.1, -0.05) is 57.2 Å². The Morgan fingerprint density at radius 2 is 1.62 bits per heavy atom. The van der Waals surface area contributed by atoms with Gasteiger partial charge in [-0.15, -0.1) is 0 Å². The maximum atomic E-state index is 13.5. The summed E-state index contributed by atoms with van der Waals surface area (Å²) in [4.78, 5) is 27.6. The Labute approximate surface area is 204 Å². The van der Waals surface area contributed by atoms with E-state index in [0.717, 1.165) is 27.3 Å². The number of nitrogens with zero attached hydrogens (tertiary/aromatic N) is 2. The predicted octanol–water partition coefficient (Wildman–Crippen LogP) is 3.61. The number of anilines is 1. The van der Waals surface area contributed by atoms with Crippen molar-refractivity contribution in [3.05, 3.63) is 65.2 Å². The summed E-state index contributed by atoms with van der Waals surface area (Å²) in [5, 5.41) is 2.75. The highest BCUT2D eigenvalue weighted by molar-refractivity contribution is 7.92. The number of hydrogen-bond donors (Lipinski definition) is 1. The normalized spacial score (nSPS) is 12.7. The second kappa shape index (κ2) is 11.0. The molecule has 0 aliphatic rings. The average Bonchev–Trinajstić information content (AvgIpc) is 2.75. The van der Waals surface area contributed by atoms with Crippen molar-refractivity contribution in [3.8, 4) is 0 Å². The summed E-state index contributed by atoms with van der Waals surface area (Å²) in [6.07, 6.45) is 1.08. The van der Waals surface area contributed by atoms with E-state index < -0.39 is 28.5 Å². The van der Waals surface area contributed by atoms with Crippen LogP contribution in [0.15, 0.2) is 48.5 Å². The summed E-state index contributed by atoms with van der Waals surface area (Å²) in [6.45, 7) is 11.9. The number of carbonyl (C=O) groups excluding carboxylic acids is 2. The third kappa shape index (κ3) is 7.06. The first kappa shape index (κ1) is 27.4. The fourth-order valence-corrected chi connectivity index (χ4v) is 4.47. The van der Waals surface area contributed by atoms with Crippen LogP contribution in [-0.4, -0.2) is 50.5 Å². The quantitative estimate of drug-likeness (QED) is 0.585. The number of benzene rings is 2. The lowest BCUT2D eigenvalue weighted by Crippen LogP contribution is -2.51. The molecule has 0 aliphatic carbocycles. The number of amides is 2. The molecule has 2 aromatic carbocycles. The zero-order chi connectivity index (χ0) is 25.7. The summed E-state index contributed by atoms with van der Waals surface area (Å²) in [5.41, 5.74) is 3.26. The highest BCUT2D eigenvalue weighted by atomic mass is 32.2. The van der Waals surface area contributed by atoms with Gasteiger partial charge < -0.3 is 10.2 Å². The van der Waals surface area contributed by atoms with E-state index in [1.807, 2.05) is 50.2 Å². The summed E-state index contributed by atoms with van der Waals surface area (Å²) in [6, 6.07) is 14.0. The Hall–Kier alpha value is -2.87. The van der Waals surface area contributed by atoms with Crippen LogP contribution in [0.25, 0.3) is 0 Å². The van der Waals surface area contributed by atoms with Crippen molar-refractivity contribution >= 4 is 27.5 Å². The molecule has 34 heavy (non-hydrogen) atoms. The van der Waals surface area contributed by atoms with Crippen LogP contribution >= 0.6 is 0 Å². The van der Waals surface area contributed by atoms with E-state index in [4.69, 9.17) is 0 Å². The molecule has 0 heterocycles. The Morgan fingerprint density at radius 3 is 2.12 bits per heavy atom. The lowest BCUT2D eigenvalue weighted by atomic mass is 9.87. The molecule has 0 fully saturated rings. The standard InChI is InChI=1S/C26H37N3O4S/c1-8-27-25(31)20(3)28(17-21-12-10-9-11-19(21)2)24(30)18-29(34(7,32)33)23-15-13-22(14-16-23)26(4,5)6/h9-16,20H,8,17-18H2,1-7H3,(H,27,31). The number of aryl methyl sites for hydroxylation is 1. The van der Waals surface area contributed by atoms with Gasteiger partial charge in [0.1, 0.15) is 12.6 Å². The summed E-state index contributed by atoms with van der Waals surface area (Å²) in [7, 11) is -3.75. The van der Waals surface area contributed by atoms with Crippen molar-refractivity contribution in [2.24, 2.45) is 0 Å². The van der Waals surface area contributed by atoms with Crippen molar-refractivity contribution in [1.82, 2.24) is 10.2 Å². The highest BCUT2D eigenvalue weighted by Crippen LogP contribution is 2.26. The Morgan fingerprint density at radius 1 is 1.03 bits per heavy atom. The third-order valence-corrected chi connectivity index (χ3v) is 6.96. The van der Waals surface area contributed by atoms with Crippen molar-refractivity contribution in [1.29, 1.82) is 0 Å². The van der Waals surface area contributed by atoms with E-state index >= 15 is 0 Å². The number of sulfonamides is 1. The van der Waals surface area contributed by atoms with Crippen LogP contribution in [-0.2, 0) is 31.6 Å². The smallest absolute Gasteiger partial charge is 0.244 e. The minimum atomic E-state index is -3.75. The molecule has 0 aromatic heterocycles. The van der Waals surface area contributed by atoms with Gasteiger partial charge in [0.25, 0.3) is 0 Å². The minimum Gasteiger partial charge on any atom is -0.355 e. The number of likely N-dealkylation sites (N-methyl/N-ethyl adjacent to an activating group) is 1. The van der Waals surface area contributed by atoms with Gasteiger partial charge in [-0.25, -0.2) is 8.42 Å². The van der Waals surface area contributed by atoms with Gasteiger partial charge in [0.2, 0.25) is 21.8 Å². The van der Waals surface area contributed by atoms with Crippen LogP contribution in [0, 0.1) is 6.92 Å². The largest absolute Gasteiger partial charge is 0.355 e. The molecule has 2 aromatic rings. The molecule has 186 valence electrons. The SMILES string of the molecule is CCNC(=O)C(C)N(Cc1ccccc1C)C(=O)CN(c1ccc(C(C)(C)C)cc1)S(C)(=O)=O. The molecular weight excluding hydrogens is 450 g/mol. The lowest BCUT2D eigenvalue weighted by Gasteiger charge is -2.32. The average molecular weight is 488 g/mol. The van der Waals surface area contributed by atoms with Crippen molar-refractivity contribution in [2.75, 3.05) is 23.7 Å². The van der Waals surface area contributed by atoms with Gasteiger partial charge in [-0.2, -0.15) is 0 Å². The molecule has 7 nitrogen and oxygen atoms in total. The van der Waals surface area contributed by atoms with Gasteiger partial charge >= 0.3 is 0 Å². The Kier molecular flexibility index (Phi) is 8.89. The molecule has 8 heteroatoms. The maximum Gasteiger partial charge on any atom is 0.244 e. The molecule has 0 saturated heterocycles.